The van der Waals surface area contributed by atoms with Crippen molar-refractivity contribution in [3.63, 3.8) is 0 Å². The van der Waals surface area contributed by atoms with Crippen LogP contribution in [0.15, 0.2) is 59.6 Å². The summed E-state index contributed by atoms with van der Waals surface area (Å²) in [4.78, 5) is 16.3. The summed E-state index contributed by atoms with van der Waals surface area (Å²) in [6.45, 7) is 4.90. The minimum atomic E-state index is 0.0553. The Kier molecular flexibility index (Phi) is 7.39. The Morgan fingerprint density at radius 2 is 1.64 bits per heavy atom. The maximum atomic E-state index is 12.1. The van der Waals surface area contributed by atoms with Gasteiger partial charge in [0.15, 0.2) is 0 Å². The fourth-order valence-electron chi connectivity index (χ4n) is 2.91. The van der Waals surface area contributed by atoms with Crippen LogP contribution < -0.4 is 5.32 Å². The van der Waals surface area contributed by atoms with E-state index in [4.69, 9.17) is 0 Å². The van der Waals surface area contributed by atoms with Crippen molar-refractivity contribution < 1.29 is 4.79 Å². The van der Waals surface area contributed by atoms with Crippen molar-refractivity contribution in [2.45, 2.75) is 39.7 Å². The van der Waals surface area contributed by atoms with Crippen molar-refractivity contribution in [1.82, 2.24) is 5.32 Å². The van der Waals surface area contributed by atoms with Gasteiger partial charge < -0.3 is 5.32 Å². The molecule has 0 aliphatic rings. The summed E-state index contributed by atoms with van der Waals surface area (Å²) < 4.78 is 0. The highest BCUT2D eigenvalue weighted by molar-refractivity contribution is 5.81. The Balaban J connectivity index is 1.80. The van der Waals surface area contributed by atoms with E-state index in [1.165, 1.54) is 11.3 Å². The van der Waals surface area contributed by atoms with Crippen LogP contribution in [0, 0.1) is 5.92 Å². The fraction of sp³-hybridized carbons (Fsp3) is 0.364. The molecule has 25 heavy (non-hydrogen) atoms. The lowest BCUT2D eigenvalue weighted by molar-refractivity contribution is -0.120. The number of carbonyl (C=O) groups is 1. The van der Waals surface area contributed by atoms with Gasteiger partial charge in [-0.05, 0) is 42.4 Å². The molecule has 0 radical (unpaired) electrons. The van der Waals surface area contributed by atoms with Gasteiger partial charge in [-0.2, -0.15) is 0 Å². The van der Waals surface area contributed by atoms with E-state index in [9.17, 15) is 4.79 Å². The molecule has 2 rings (SSSR count). The first-order valence-corrected chi connectivity index (χ1v) is 8.87. The summed E-state index contributed by atoms with van der Waals surface area (Å²) in [6, 6.07) is 18.4. The standard InChI is InChI=1S/C22H28N2O/c1-17(13-18(2)23-3)14-19-9-11-20(12-10-19)15-22(25)24-16-21-7-5-4-6-8-21/h4-12,17H,13-16H2,1-3H3,(H,24,25)/b23-18+. The van der Waals surface area contributed by atoms with E-state index >= 15 is 0 Å². The second kappa shape index (κ2) is 9.77. The van der Waals surface area contributed by atoms with Gasteiger partial charge in [0.2, 0.25) is 5.91 Å². The molecule has 0 fully saturated rings. The monoisotopic (exact) mass is 336 g/mol. The number of nitrogens with one attached hydrogen (secondary N) is 1. The molecule has 2 aromatic rings. The average molecular weight is 336 g/mol. The van der Waals surface area contributed by atoms with Crippen LogP contribution in [-0.2, 0) is 24.2 Å². The van der Waals surface area contributed by atoms with Crippen molar-refractivity contribution in [2.75, 3.05) is 7.05 Å². The Morgan fingerprint density at radius 3 is 2.28 bits per heavy atom. The highest BCUT2D eigenvalue weighted by Gasteiger charge is 2.07. The molecule has 1 amide bonds. The quantitative estimate of drug-likeness (QED) is 0.721. The average Bonchev–Trinajstić information content (AvgIpc) is 2.62. The van der Waals surface area contributed by atoms with E-state index < -0.39 is 0 Å². The minimum Gasteiger partial charge on any atom is -0.352 e. The van der Waals surface area contributed by atoms with Crippen LogP contribution in [0.2, 0.25) is 0 Å². The Bertz CT molecular complexity index is 690. The molecule has 0 saturated carbocycles. The molecule has 1 unspecified atom stereocenters. The van der Waals surface area contributed by atoms with Crippen LogP contribution in [-0.4, -0.2) is 18.7 Å². The van der Waals surface area contributed by atoms with E-state index in [2.05, 4.69) is 48.4 Å². The number of aliphatic imine (C=N–C) groups is 1. The van der Waals surface area contributed by atoms with Gasteiger partial charge in [-0.25, -0.2) is 0 Å². The number of carbonyl (C=O) groups excluding carboxylic acids is 1. The van der Waals surface area contributed by atoms with Crippen LogP contribution in [0.5, 0.6) is 0 Å². The Labute approximate surface area is 151 Å². The van der Waals surface area contributed by atoms with Crippen LogP contribution in [0.3, 0.4) is 0 Å². The molecule has 0 aliphatic heterocycles. The van der Waals surface area contributed by atoms with Crippen molar-refractivity contribution in [2.24, 2.45) is 10.9 Å². The molecule has 3 heteroatoms. The predicted octanol–water partition coefficient (Wildman–Crippen LogP) is 4.20. The third-order valence-electron chi connectivity index (χ3n) is 4.33. The number of nitrogens with zero attached hydrogens (tertiary/aromatic N) is 1. The normalized spacial score (nSPS) is 12.7. The highest BCUT2D eigenvalue weighted by atomic mass is 16.1. The maximum Gasteiger partial charge on any atom is 0.224 e. The van der Waals surface area contributed by atoms with Crippen LogP contribution in [0.25, 0.3) is 0 Å². The zero-order valence-corrected chi connectivity index (χ0v) is 15.5. The number of hydrogen-bond donors (Lipinski definition) is 1. The number of hydrogen-bond acceptors (Lipinski definition) is 2. The number of benzene rings is 2. The second-order valence-corrected chi connectivity index (χ2v) is 6.73. The number of amides is 1. The Morgan fingerprint density at radius 1 is 1.00 bits per heavy atom. The Hall–Kier alpha value is -2.42. The smallest absolute Gasteiger partial charge is 0.224 e. The highest BCUT2D eigenvalue weighted by Crippen LogP contribution is 2.14. The van der Waals surface area contributed by atoms with Crippen molar-refractivity contribution in [3.05, 3.63) is 71.3 Å². The van der Waals surface area contributed by atoms with E-state index in [-0.39, 0.29) is 5.91 Å². The summed E-state index contributed by atoms with van der Waals surface area (Å²) in [5.74, 6) is 0.628. The molecule has 0 aliphatic carbocycles. The first-order chi connectivity index (χ1) is 12.1. The van der Waals surface area contributed by atoms with Crippen molar-refractivity contribution in [1.29, 1.82) is 0 Å². The van der Waals surface area contributed by atoms with Gasteiger partial charge in [0.05, 0.1) is 6.42 Å². The summed E-state index contributed by atoms with van der Waals surface area (Å²) in [6.07, 6.45) is 2.48. The minimum absolute atomic E-state index is 0.0553. The molecular formula is C22H28N2O. The molecule has 1 atom stereocenters. The SMILES string of the molecule is C/N=C(\C)CC(C)Cc1ccc(CC(=O)NCc2ccccc2)cc1. The molecule has 2 aromatic carbocycles. The topological polar surface area (TPSA) is 41.5 Å². The molecule has 1 N–H and O–H groups in total. The molecule has 3 nitrogen and oxygen atoms in total. The summed E-state index contributed by atoms with van der Waals surface area (Å²) >= 11 is 0. The molecule has 0 aromatic heterocycles. The molecular weight excluding hydrogens is 308 g/mol. The third-order valence-corrected chi connectivity index (χ3v) is 4.33. The molecule has 0 spiro atoms. The lowest BCUT2D eigenvalue weighted by atomic mass is 9.95. The predicted molar refractivity (Wildman–Crippen MR) is 105 cm³/mol. The molecule has 0 bridgehead atoms. The van der Waals surface area contributed by atoms with Crippen LogP contribution in [0.4, 0.5) is 0 Å². The van der Waals surface area contributed by atoms with E-state index in [1.54, 1.807) is 0 Å². The summed E-state index contributed by atoms with van der Waals surface area (Å²) in [5, 5.41) is 2.97. The van der Waals surface area contributed by atoms with Crippen LogP contribution in [0.1, 0.15) is 37.0 Å². The van der Waals surface area contributed by atoms with E-state index in [0.717, 1.165) is 24.0 Å². The van der Waals surface area contributed by atoms with E-state index in [0.29, 0.717) is 18.9 Å². The van der Waals surface area contributed by atoms with Gasteiger partial charge in [-0.1, -0.05) is 61.5 Å². The van der Waals surface area contributed by atoms with Crippen molar-refractivity contribution in [3.8, 4) is 0 Å². The zero-order valence-electron chi connectivity index (χ0n) is 15.5. The third kappa shape index (κ3) is 6.92. The maximum absolute atomic E-state index is 12.1. The van der Waals surface area contributed by atoms with Gasteiger partial charge in [0.25, 0.3) is 0 Å². The zero-order chi connectivity index (χ0) is 18.1. The first-order valence-electron chi connectivity index (χ1n) is 8.87. The number of rotatable bonds is 8. The first kappa shape index (κ1) is 18.9. The van der Waals surface area contributed by atoms with Gasteiger partial charge in [0.1, 0.15) is 0 Å². The van der Waals surface area contributed by atoms with Gasteiger partial charge >= 0.3 is 0 Å². The van der Waals surface area contributed by atoms with E-state index in [1.807, 2.05) is 37.4 Å². The molecule has 132 valence electrons. The lowest BCUT2D eigenvalue weighted by Gasteiger charge is -2.11. The van der Waals surface area contributed by atoms with Gasteiger partial charge in [-0.15, -0.1) is 0 Å². The van der Waals surface area contributed by atoms with Gasteiger partial charge in [-0.3, -0.25) is 9.79 Å². The van der Waals surface area contributed by atoms with Gasteiger partial charge in [0, 0.05) is 19.3 Å². The molecule has 0 heterocycles. The van der Waals surface area contributed by atoms with Crippen molar-refractivity contribution >= 4 is 11.6 Å². The molecule has 0 saturated heterocycles. The lowest BCUT2D eigenvalue weighted by Crippen LogP contribution is -2.24. The fourth-order valence-corrected chi connectivity index (χ4v) is 2.91. The summed E-state index contributed by atoms with van der Waals surface area (Å²) in [5.41, 5.74) is 4.67. The summed E-state index contributed by atoms with van der Waals surface area (Å²) in [7, 11) is 1.85. The van der Waals surface area contributed by atoms with Crippen LogP contribution >= 0.6 is 0 Å². The largest absolute Gasteiger partial charge is 0.352 e. The second-order valence-electron chi connectivity index (χ2n) is 6.73.